The number of anilines is 1. The number of benzene rings is 1. The van der Waals surface area contributed by atoms with E-state index in [-0.39, 0.29) is 11.9 Å². The maximum Gasteiger partial charge on any atom is 0.242 e. The van der Waals surface area contributed by atoms with E-state index < -0.39 is 0 Å². The van der Waals surface area contributed by atoms with Crippen LogP contribution in [0, 0.1) is 13.8 Å². The fourth-order valence-electron chi connectivity index (χ4n) is 2.25. The first-order valence-corrected chi connectivity index (χ1v) is 6.36. The topological polar surface area (TPSA) is 44.4 Å². The van der Waals surface area contributed by atoms with Crippen LogP contribution in [-0.2, 0) is 4.79 Å². The van der Waals surface area contributed by atoms with Crippen molar-refractivity contribution in [2.24, 2.45) is 0 Å². The molecule has 2 N–H and O–H groups in total. The zero-order valence-electron chi connectivity index (χ0n) is 11.3. The lowest BCUT2D eigenvalue weighted by Crippen LogP contribution is -2.54. The van der Waals surface area contributed by atoms with Gasteiger partial charge in [-0.3, -0.25) is 4.79 Å². The van der Waals surface area contributed by atoms with Crippen molar-refractivity contribution in [3.8, 4) is 0 Å². The summed E-state index contributed by atoms with van der Waals surface area (Å²) in [5.74, 6) is 0.0495. The van der Waals surface area contributed by atoms with Crippen LogP contribution in [0.5, 0.6) is 0 Å². The number of aryl methyl sites for hydroxylation is 2. The van der Waals surface area contributed by atoms with Gasteiger partial charge in [0.15, 0.2) is 0 Å². The van der Waals surface area contributed by atoms with Crippen molar-refractivity contribution in [3.63, 3.8) is 0 Å². The first kappa shape index (κ1) is 13.1. The van der Waals surface area contributed by atoms with E-state index >= 15 is 0 Å². The van der Waals surface area contributed by atoms with Crippen molar-refractivity contribution >= 4 is 11.6 Å². The Morgan fingerprint density at radius 1 is 1.44 bits per heavy atom. The molecular weight excluding hydrogens is 226 g/mol. The summed E-state index contributed by atoms with van der Waals surface area (Å²) < 4.78 is 0. The molecule has 0 spiro atoms. The zero-order valence-corrected chi connectivity index (χ0v) is 11.3. The minimum Gasteiger partial charge on any atom is -0.324 e. The van der Waals surface area contributed by atoms with Gasteiger partial charge in [-0.15, -0.1) is 0 Å². The van der Waals surface area contributed by atoms with E-state index in [1.165, 1.54) is 5.56 Å². The van der Waals surface area contributed by atoms with Crippen molar-refractivity contribution in [2.75, 3.05) is 32.0 Å². The van der Waals surface area contributed by atoms with E-state index in [0.717, 1.165) is 30.9 Å². The van der Waals surface area contributed by atoms with Crippen molar-refractivity contribution in [3.05, 3.63) is 29.3 Å². The Balaban J connectivity index is 2.02. The number of nitrogens with zero attached hydrogens (tertiary/aromatic N) is 1. The molecule has 1 saturated heterocycles. The van der Waals surface area contributed by atoms with Gasteiger partial charge in [-0.25, -0.2) is 0 Å². The molecule has 1 aliphatic rings. The van der Waals surface area contributed by atoms with E-state index in [9.17, 15) is 4.79 Å². The first-order chi connectivity index (χ1) is 8.56. The Bertz CT molecular complexity index is 445. The summed E-state index contributed by atoms with van der Waals surface area (Å²) in [4.78, 5) is 14.3. The van der Waals surface area contributed by atoms with Crippen LogP contribution in [0.3, 0.4) is 0 Å². The lowest BCUT2D eigenvalue weighted by molar-refractivity contribution is -0.119. The van der Waals surface area contributed by atoms with E-state index in [0.29, 0.717) is 0 Å². The van der Waals surface area contributed by atoms with Gasteiger partial charge >= 0.3 is 0 Å². The molecule has 4 heteroatoms. The number of likely N-dealkylation sites (N-methyl/N-ethyl adjacent to an activating group) is 1. The molecule has 1 atom stereocenters. The summed E-state index contributed by atoms with van der Waals surface area (Å²) >= 11 is 0. The molecule has 0 saturated carbocycles. The Morgan fingerprint density at radius 3 is 2.89 bits per heavy atom. The van der Waals surface area contributed by atoms with Crippen molar-refractivity contribution < 1.29 is 4.79 Å². The summed E-state index contributed by atoms with van der Waals surface area (Å²) in [6, 6.07) is 5.94. The van der Waals surface area contributed by atoms with Gasteiger partial charge in [-0.1, -0.05) is 17.7 Å². The van der Waals surface area contributed by atoms with Crippen molar-refractivity contribution in [2.45, 2.75) is 19.9 Å². The van der Waals surface area contributed by atoms with E-state index in [1.807, 2.05) is 26.1 Å². The number of amides is 1. The molecule has 1 fully saturated rings. The highest BCUT2D eigenvalue weighted by Crippen LogP contribution is 2.16. The Labute approximate surface area is 108 Å². The maximum absolute atomic E-state index is 12.1. The van der Waals surface area contributed by atoms with Gasteiger partial charge in [0.05, 0.1) is 6.04 Å². The quantitative estimate of drug-likeness (QED) is 0.824. The minimum absolute atomic E-state index is 0.0495. The molecule has 98 valence electrons. The van der Waals surface area contributed by atoms with Gasteiger partial charge in [-0.2, -0.15) is 0 Å². The van der Waals surface area contributed by atoms with Crippen LogP contribution >= 0.6 is 0 Å². The van der Waals surface area contributed by atoms with Crippen LogP contribution in [0.1, 0.15) is 11.1 Å². The number of hydrogen-bond acceptors (Lipinski definition) is 3. The van der Waals surface area contributed by atoms with Crippen LogP contribution in [0.4, 0.5) is 5.69 Å². The van der Waals surface area contributed by atoms with Gasteiger partial charge in [-0.05, 0) is 32.5 Å². The molecule has 0 aromatic heterocycles. The number of piperazine rings is 1. The highest BCUT2D eigenvalue weighted by Gasteiger charge is 2.23. The molecule has 1 aliphatic heterocycles. The molecule has 0 bridgehead atoms. The minimum atomic E-state index is -0.121. The Hall–Kier alpha value is -1.39. The number of rotatable bonds is 2. The van der Waals surface area contributed by atoms with E-state index in [2.05, 4.69) is 28.5 Å². The Morgan fingerprint density at radius 2 is 2.22 bits per heavy atom. The van der Waals surface area contributed by atoms with Crippen molar-refractivity contribution in [1.29, 1.82) is 0 Å². The van der Waals surface area contributed by atoms with Crippen molar-refractivity contribution in [1.82, 2.24) is 10.2 Å². The number of carbonyl (C=O) groups excluding carboxylic acids is 1. The lowest BCUT2D eigenvalue weighted by atomic mass is 10.1. The highest BCUT2D eigenvalue weighted by atomic mass is 16.2. The third-order valence-corrected chi connectivity index (χ3v) is 3.33. The van der Waals surface area contributed by atoms with Crippen LogP contribution < -0.4 is 10.6 Å². The largest absolute Gasteiger partial charge is 0.324 e. The summed E-state index contributed by atoms with van der Waals surface area (Å²) in [6.07, 6.45) is 0. The lowest BCUT2D eigenvalue weighted by Gasteiger charge is -2.30. The number of carbonyl (C=O) groups is 1. The molecular formula is C14H21N3O. The fourth-order valence-corrected chi connectivity index (χ4v) is 2.25. The van der Waals surface area contributed by atoms with Gasteiger partial charge in [0.1, 0.15) is 0 Å². The van der Waals surface area contributed by atoms with Gasteiger partial charge in [0.25, 0.3) is 0 Å². The summed E-state index contributed by atoms with van der Waals surface area (Å²) in [6.45, 7) is 6.69. The van der Waals surface area contributed by atoms with Gasteiger partial charge in [0, 0.05) is 25.3 Å². The third-order valence-electron chi connectivity index (χ3n) is 3.33. The second-order valence-electron chi connectivity index (χ2n) is 5.08. The standard InChI is InChI=1S/C14H21N3O/c1-10-4-5-12(11(2)8-10)16-14(18)13-9-17(3)7-6-15-13/h4-5,8,13,15H,6-7,9H2,1-3H3,(H,16,18). The normalized spacial score (nSPS) is 20.7. The summed E-state index contributed by atoms with van der Waals surface area (Å²) in [5.41, 5.74) is 3.22. The average Bonchev–Trinajstić information content (AvgIpc) is 2.32. The van der Waals surface area contributed by atoms with Crippen LogP contribution in [0.25, 0.3) is 0 Å². The summed E-state index contributed by atoms with van der Waals surface area (Å²) in [7, 11) is 2.04. The van der Waals surface area contributed by atoms with Crippen LogP contribution in [0.2, 0.25) is 0 Å². The van der Waals surface area contributed by atoms with Crippen LogP contribution in [0.15, 0.2) is 18.2 Å². The smallest absolute Gasteiger partial charge is 0.242 e. The highest BCUT2D eigenvalue weighted by molar-refractivity contribution is 5.95. The molecule has 1 aromatic rings. The van der Waals surface area contributed by atoms with Gasteiger partial charge < -0.3 is 15.5 Å². The number of hydrogen-bond donors (Lipinski definition) is 2. The zero-order chi connectivity index (χ0) is 13.1. The number of nitrogens with one attached hydrogen (secondary N) is 2. The van der Waals surface area contributed by atoms with Crippen LogP contribution in [-0.4, -0.2) is 43.5 Å². The molecule has 0 radical (unpaired) electrons. The first-order valence-electron chi connectivity index (χ1n) is 6.36. The second-order valence-corrected chi connectivity index (χ2v) is 5.08. The average molecular weight is 247 g/mol. The SMILES string of the molecule is Cc1ccc(NC(=O)C2CN(C)CCN2)c(C)c1. The fraction of sp³-hybridized carbons (Fsp3) is 0.500. The van der Waals surface area contributed by atoms with E-state index in [1.54, 1.807) is 0 Å². The predicted octanol–water partition coefficient (Wildman–Crippen LogP) is 1.15. The molecule has 1 aromatic carbocycles. The summed E-state index contributed by atoms with van der Waals surface area (Å²) in [5, 5.41) is 6.25. The molecule has 1 unspecified atom stereocenters. The second kappa shape index (κ2) is 5.50. The molecule has 1 heterocycles. The molecule has 0 aliphatic carbocycles. The van der Waals surface area contributed by atoms with E-state index in [4.69, 9.17) is 0 Å². The Kier molecular flexibility index (Phi) is 3.99. The molecule has 1 amide bonds. The maximum atomic E-state index is 12.1. The molecule has 4 nitrogen and oxygen atoms in total. The predicted molar refractivity (Wildman–Crippen MR) is 73.8 cm³/mol. The molecule has 18 heavy (non-hydrogen) atoms. The van der Waals surface area contributed by atoms with Gasteiger partial charge in [0.2, 0.25) is 5.91 Å². The monoisotopic (exact) mass is 247 g/mol. The third kappa shape index (κ3) is 3.09. The molecule has 2 rings (SSSR count).